The Hall–Kier alpha value is -4.07. The molecule has 5 aromatic rings. The lowest BCUT2D eigenvalue weighted by atomic mass is 9.97. The number of rotatable bonds is 5. The third kappa shape index (κ3) is 3.31. The van der Waals surface area contributed by atoms with Gasteiger partial charge in [0.25, 0.3) is 0 Å². The predicted molar refractivity (Wildman–Crippen MR) is 116 cm³/mol. The van der Waals surface area contributed by atoms with Crippen LogP contribution in [-0.2, 0) is 0 Å². The van der Waals surface area contributed by atoms with E-state index >= 15 is 0 Å². The molecule has 2 N–H and O–H groups in total. The van der Waals surface area contributed by atoms with Crippen LogP contribution in [0.4, 0.5) is 10.2 Å². The molecule has 0 spiro atoms. The second kappa shape index (κ2) is 7.64. The molecule has 31 heavy (non-hydrogen) atoms. The van der Waals surface area contributed by atoms with E-state index in [-0.39, 0.29) is 5.43 Å². The van der Waals surface area contributed by atoms with E-state index in [0.29, 0.717) is 51.3 Å². The van der Waals surface area contributed by atoms with Gasteiger partial charge in [0.15, 0.2) is 11.5 Å². The zero-order valence-corrected chi connectivity index (χ0v) is 16.6. The van der Waals surface area contributed by atoms with Crippen molar-refractivity contribution in [2.75, 3.05) is 5.32 Å². The highest BCUT2D eigenvalue weighted by molar-refractivity contribution is 5.84. The Labute approximate surface area is 176 Å². The largest absolute Gasteiger partial charge is 0.458 e. The number of benzene rings is 2. The number of H-pyrrole nitrogens is 1. The summed E-state index contributed by atoms with van der Waals surface area (Å²) in [7, 11) is 0. The second-order valence-corrected chi connectivity index (χ2v) is 7.10. The zero-order chi connectivity index (χ0) is 21.4. The Morgan fingerprint density at radius 2 is 2.00 bits per heavy atom. The number of aromatic nitrogens is 4. The fourth-order valence-corrected chi connectivity index (χ4v) is 3.71. The van der Waals surface area contributed by atoms with Gasteiger partial charge in [-0.15, -0.1) is 0 Å². The lowest BCUT2D eigenvalue weighted by Gasteiger charge is -2.20. The van der Waals surface area contributed by atoms with E-state index in [0.717, 1.165) is 0 Å². The second-order valence-electron chi connectivity index (χ2n) is 7.10. The lowest BCUT2D eigenvalue weighted by Crippen LogP contribution is -2.17. The van der Waals surface area contributed by atoms with Crippen LogP contribution in [0.3, 0.4) is 0 Å². The number of hydrogen-bond acceptors (Lipinski definition) is 6. The maximum Gasteiger partial charge on any atom is 0.200 e. The number of hydrogen-bond donors (Lipinski definition) is 2. The minimum Gasteiger partial charge on any atom is -0.458 e. The van der Waals surface area contributed by atoms with Crippen molar-refractivity contribution < 1.29 is 8.81 Å². The highest BCUT2D eigenvalue weighted by atomic mass is 19.1. The van der Waals surface area contributed by atoms with Gasteiger partial charge in [-0.3, -0.25) is 4.79 Å². The molecular weight excluding hydrogens is 397 g/mol. The third-order valence-electron chi connectivity index (χ3n) is 5.19. The average molecular weight is 415 g/mol. The first-order valence-electron chi connectivity index (χ1n) is 9.88. The summed E-state index contributed by atoms with van der Waals surface area (Å²) in [5.74, 6) is 0.504. The Balaban J connectivity index is 1.72. The van der Waals surface area contributed by atoms with Crippen LogP contribution in [0.2, 0.25) is 0 Å². The summed E-state index contributed by atoms with van der Waals surface area (Å²) in [5, 5.41) is 3.77. The molecule has 2 aromatic carbocycles. The molecular formula is C23H18FN5O2. The maximum absolute atomic E-state index is 14.0. The van der Waals surface area contributed by atoms with Crippen molar-refractivity contribution in [2.24, 2.45) is 0 Å². The molecule has 3 heterocycles. The number of para-hydroxylation sites is 1. The number of aromatic amines is 1. The molecule has 0 aliphatic carbocycles. The van der Waals surface area contributed by atoms with Crippen LogP contribution in [0, 0.1) is 5.82 Å². The molecule has 0 radical (unpaired) electrons. The third-order valence-corrected chi connectivity index (χ3v) is 5.19. The Morgan fingerprint density at radius 1 is 1.13 bits per heavy atom. The number of imidazole rings is 1. The molecule has 0 amide bonds. The van der Waals surface area contributed by atoms with Crippen LogP contribution in [0.25, 0.3) is 33.3 Å². The molecule has 0 aliphatic rings. The van der Waals surface area contributed by atoms with Crippen molar-refractivity contribution in [3.63, 3.8) is 0 Å². The van der Waals surface area contributed by atoms with Crippen molar-refractivity contribution in [3.8, 4) is 11.1 Å². The summed E-state index contributed by atoms with van der Waals surface area (Å²) in [6.07, 6.45) is 3.55. The van der Waals surface area contributed by atoms with Crippen molar-refractivity contribution in [2.45, 2.75) is 19.4 Å². The van der Waals surface area contributed by atoms with Gasteiger partial charge in [-0.1, -0.05) is 31.2 Å². The number of nitrogens with one attached hydrogen (secondary N) is 2. The molecule has 154 valence electrons. The molecule has 8 heteroatoms. The minimum atomic E-state index is -0.425. The van der Waals surface area contributed by atoms with Crippen LogP contribution in [0.15, 0.2) is 70.4 Å². The van der Waals surface area contributed by atoms with E-state index in [9.17, 15) is 9.18 Å². The quantitative estimate of drug-likeness (QED) is 0.427. The van der Waals surface area contributed by atoms with Crippen LogP contribution in [-0.4, -0.2) is 19.9 Å². The monoisotopic (exact) mass is 415 g/mol. The highest BCUT2D eigenvalue weighted by Crippen LogP contribution is 2.33. The summed E-state index contributed by atoms with van der Waals surface area (Å²) in [6, 6.07) is 12.6. The van der Waals surface area contributed by atoms with Gasteiger partial charge in [0.2, 0.25) is 5.43 Å². The molecule has 7 nitrogen and oxygen atoms in total. The Kier molecular flexibility index (Phi) is 4.66. The zero-order valence-electron chi connectivity index (χ0n) is 16.6. The van der Waals surface area contributed by atoms with Crippen molar-refractivity contribution in [1.29, 1.82) is 0 Å². The SMILES string of the molecule is CC[C@@H](Nc1ncnc2[nH]cnc12)c1oc2ccccc2c(=O)c1-c1cccc(F)c1. The summed E-state index contributed by atoms with van der Waals surface area (Å²) >= 11 is 0. The van der Waals surface area contributed by atoms with E-state index in [1.54, 1.807) is 36.7 Å². The van der Waals surface area contributed by atoms with E-state index in [2.05, 4.69) is 25.3 Å². The smallest absolute Gasteiger partial charge is 0.200 e. The Morgan fingerprint density at radius 3 is 2.84 bits per heavy atom. The van der Waals surface area contributed by atoms with Gasteiger partial charge in [0, 0.05) is 0 Å². The predicted octanol–water partition coefficient (Wildman–Crippen LogP) is 4.83. The van der Waals surface area contributed by atoms with Gasteiger partial charge in [0.05, 0.1) is 23.3 Å². The van der Waals surface area contributed by atoms with E-state index in [1.165, 1.54) is 18.5 Å². The molecule has 0 saturated heterocycles. The summed E-state index contributed by atoms with van der Waals surface area (Å²) in [4.78, 5) is 29.1. The average Bonchev–Trinajstić information content (AvgIpc) is 3.27. The molecule has 0 aliphatic heterocycles. The number of halogens is 1. The first-order valence-corrected chi connectivity index (χ1v) is 9.88. The number of nitrogens with zero attached hydrogens (tertiary/aromatic N) is 3. The normalized spacial score (nSPS) is 12.3. The van der Waals surface area contributed by atoms with Crippen molar-refractivity contribution >= 4 is 28.0 Å². The highest BCUT2D eigenvalue weighted by Gasteiger charge is 2.24. The van der Waals surface area contributed by atoms with Crippen LogP contribution in [0.1, 0.15) is 25.1 Å². The van der Waals surface area contributed by atoms with Crippen LogP contribution in [0.5, 0.6) is 0 Å². The number of fused-ring (bicyclic) bond motifs is 2. The van der Waals surface area contributed by atoms with Crippen molar-refractivity contribution in [1.82, 2.24) is 19.9 Å². The molecule has 0 fully saturated rings. The summed E-state index contributed by atoms with van der Waals surface area (Å²) < 4.78 is 20.3. The fourth-order valence-electron chi connectivity index (χ4n) is 3.71. The van der Waals surface area contributed by atoms with Gasteiger partial charge in [-0.2, -0.15) is 0 Å². The van der Waals surface area contributed by atoms with Crippen LogP contribution < -0.4 is 10.7 Å². The van der Waals surface area contributed by atoms with Gasteiger partial charge >= 0.3 is 0 Å². The first-order chi connectivity index (χ1) is 15.2. The molecule has 5 rings (SSSR count). The van der Waals surface area contributed by atoms with Crippen molar-refractivity contribution in [3.05, 3.63) is 83.0 Å². The summed E-state index contributed by atoms with van der Waals surface area (Å²) in [6.45, 7) is 1.96. The van der Waals surface area contributed by atoms with Crippen LogP contribution >= 0.6 is 0 Å². The minimum absolute atomic E-state index is 0.213. The lowest BCUT2D eigenvalue weighted by molar-refractivity contribution is 0.495. The summed E-state index contributed by atoms with van der Waals surface area (Å²) in [5.41, 5.74) is 2.21. The molecule has 0 unspecified atom stereocenters. The van der Waals surface area contributed by atoms with E-state index in [1.807, 2.05) is 13.0 Å². The van der Waals surface area contributed by atoms with Gasteiger partial charge in [-0.05, 0) is 36.2 Å². The molecule has 0 bridgehead atoms. The molecule has 0 saturated carbocycles. The van der Waals surface area contributed by atoms with Gasteiger partial charge < -0.3 is 14.7 Å². The molecule has 3 aromatic heterocycles. The first kappa shape index (κ1) is 18.9. The van der Waals surface area contributed by atoms with E-state index in [4.69, 9.17) is 4.42 Å². The van der Waals surface area contributed by atoms with Gasteiger partial charge in [0.1, 0.15) is 29.0 Å². The Bertz CT molecular complexity index is 1460. The molecule has 1 atom stereocenters. The maximum atomic E-state index is 14.0. The van der Waals surface area contributed by atoms with Gasteiger partial charge in [-0.25, -0.2) is 19.3 Å². The standard InChI is InChI=1S/C23H18FN5O2/c1-2-16(29-23-19-22(26-11-25-19)27-12-28-23)21-18(13-6-5-7-14(24)10-13)20(30)15-8-3-4-9-17(15)31-21/h3-12,16H,2H2,1H3,(H2,25,26,27,28,29)/t16-/m1/s1. The number of anilines is 1. The topological polar surface area (TPSA) is 96.7 Å². The van der Waals surface area contributed by atoms with E-state index < -0.39 is 11.9 Å². The fraction of sp³-hybridized carbons (Fsp3) is 0.130.